The van der Waals surface area contributed by atoms with Crippen LogP contribution in [-0.2, 0) is 6.54 Å². The van der Waals surface area contributed by atoms with Crippen LogP contribution in [0.2, 0.25) is 0 Å². The van der Waals surface area contributed by atoms with Crippen LogP contribution in [0.5, 0.6) is 0 Å². The smallest absolute Gasteiger partial charge is 0.164 e. The van der Waals surface area contributed by atoms with Crippen LogP contribution >= 0.6 is 0 Å². The van der Waals surface area contributed by atoms with Crippen molar-refractivity contribution in [2.45, 2.75) is 39.3 Å². The second-order valence-corrected chi connectivity index (χ2v) is 6.18. The van der Waals surface area contributed by atoms with Crippen LogP contribution in [0, 0.1) is 19.8 Å². The number of hydrogen-bond acceptors (Lipinski definition) is 3. The highest BCUT2D eigenvalue weighted by atomic mass is 15.3. The van der Waals surface area contributed by atoms with Crippen molar-refractivity contribution in [1.29, 1.82) is 0 Å². The SMILES string of the molecule is Cc1cc(C)cc(-c2nnc3n2CCNC3C2CC2)c1. The number of fused-ring (bicyclic) bond motifs is 1. The zero-order valence-electron chi connectivity index (χ0n) is 12.1. The topological polar surface area (TPSA) is 42.7 Å². The summed E-state index contributed by atoms with van der Waals surface area (Å²) >= 11 is 0. The van der Waals surface area contributed by atoms with Gasteiger partial charge in [-0.1, -0.05) is 17.2 Å². The monoisotopic (exact) mass is 268 g/mol. The average molecular weight is 268 g/mol. The summed E-state index contributed by atoms with van der Waals surface area (Å²) < 4.78 is 2.31. The van der Waals surface area contributed by atoms with Crippen molar-refractivity contribution in [2.75, 3.05) is 6.54 Å². The molecule has 4 nitrogen and oxygen atoms in total. The molecule has 1 atom stereocenters. The normalized spacial score (nSPS) is 21.8. The molecule has 0 radical (unpaired) electrons. The highest BCUT2D eigenvalue weighted by molar-refractivity contribution is 5.58. The van der Waals surface area contributed by atoms with Gasteiger partial charge in [0.25, 0.3) is 0 Å². The zero-order chi connectivity index (χ0) is 13.7. The quantitative estimate of drug-likeness (QED) is 0.910. The highest BCUT2D eigenvalue weighted by Gasteiger charge is 2.37. The molecule has 1 aromatic carbocycles. The van der Waals surface area contributed by atoms with E-state index >= 15 is 0 Å². The van der Waals surface area contributed by atoms with Crippen LogP contribution in [0.1, 0.15) is 35.8 Å². The summed E-state index contributed by atoms with van der Waals surface area (Å²) in [6.45, 7) is 6.26. The first-order chi connectivity index (χ1) is 9.72. The minimum absolute atomic E-state index is 0.413. The predicted octanol–water partition coefficient (Wildman–Crippen LogP) is 2.62. The molecular formula is C16H20N4. The van der Waals surface area contributed by atoms with Gasteiger partial charge in [-0.2, -0.15) is 0 Å². The lowest BCUT2D eigenvalue weighted by Crippen LogP contribution is -2.35. The predicted molar refractivity (Wildman–Crippen MR) is 78.4 cm³/mol. The summed E-state index contributed by atoms with van der Waals surface area (Å²) in [4.78, 5) is 0. The Morgan fingerprint density at radius 2 is 1.85 bits per heavy atom. The minimum atomic E-state index is 0.413. The van der Waals surface area contributed by atoms with E-state index in [4.69, 9.17) is 0 Å². The lowest BCUT2D eigenvalue weighted by atomic mass is 10.1. The Hall–Kier alpha value is -1.68. The molecule has 4 rings (SSSR count). The molecule has 1 N–H and O–H groups in total. The third kappa shape index (κ3) is 1.95. The molecule has 104 valence electrons. The Balaban J connectivity index is 1.79. The molecule has 0 spiro atoms. The first-order valence-corrected chi connectivity index (χ1v) is 7.47. The average Bonchev–Trinajstić information content (AvgIpc) is 3.16. The molecule has 1 unspecified atom stereocenters. The molecule has 2 aliphatic rings. The maximum Gasteiger partial charge on any atom is 0.164 e. The van der Waals surface area contributed by atoms with Crippen LogP contribution in [0.3, 0.4) is 0 Å². The molecule has 0 amide bonds. The van der Waals surface area contributed by atoms with Gasteiger partial charge in [0.15, 0.2) is 11.6 Å². The van der Waals surface area contributed by atoms with Crippen LogP contribution in [-0.4, -0.2) is 21.3 Å². The molecule has 0 saturated heterocycles. The molecule has 4 heteroatoms. The van der Waals surface area contributed by atoms with Gasteiger partial charge in [-0.05, 0) is 44.7 Å². The molecule has 1 aromatic heterocycles. The lowest BCUT2D eigenvalue weighted by Gasteiger charge is -2.25. The number of nitrogens with one attached hydrogen (secondary N) is 1. The van der Waals surface area contributed by atoms with Crippen LogP contribution < -0.4 is 5.32 Å². The molecule has 1 fully saturated rings. The van der Waals surface area contributed by atoms with E-state index in [1.165, 1.54) is 29.5 Å². The van der Waals surface area contributed by atoms with E-state index in [0.29, 0.717) is 6.04 Å². The maximum absolute atomic E-state index is 4.49. The molecule has 1 saturated carbocycles. The summed E-state index contributed by atoms with van der Waals surface area (Å²) in [7, 11) is 0. The summed E-state index contributed by atoms with van der Waals surface area (Å²) in [6.07, 6.45) is 2.65. The van der Waals surface area contributed by atoms with E-state index in [1.54, 1.807) is 0 Å². The standard InChI is InChI=1S/C16H20N4/c1-10-7-11(2)9-13(8-10)15-18-19-16-14(12-3-4-12)17-5-6-20(15)16/h7-9,12,14,17H,3-6H2,1-2H3. The van der Waals surface area contributed by atoms with E-state index in [0.717, 1.165) is 30.7 Å². The summed E-state index contributed by atoms with van der Waals surface area (Å²) in [5.41, 5.74) is 3.76. The highest BCUT2D eigenvalue weighted by Crippen LogP contribution is 2.42. The van der Waals surface area contributed by atoms with E-state index < -0.39 is 0 Å². The van der Waals surface area contributed by atoms with Gasteiger partial charge >= 0.3 is 0 Å². The van der Waals surface area contributed by atoms with Gasteiger partial charge in [0.2, 0.25) is 0 Å². The minimum Gasteiger partial charge on any atom is -0.308 e. The summed E-state index contributed by atoms with van der Waals surface area (Å²) in [5, 5.41) is 12.6. The molecule has 0 bridgehead atoms. The molecule has 2 heterocycles. The third-order valence-corrected chi connectivity index (χ3v) is 4.33. The fraction of sp³-hybridized carbons (Fsp3) is 0.500. The van der Waals surface area contributed by atoms with Crippen LogP contribution in [0.15, 0.2) is 18.2 Å². The van der Waals surface area contributed by atoms with Gasteiger partial charge in [0, 0.05) is 18.7 Å². The molecule has 20 heavy (non-hydrogen) atoms. The Morgan fingerprint density at radius 1 is 1.10 bits per heavy atom. The zero-order valence-corrected chi connectivity index (χ0v) is 12.1. The Labute approximate surface area is 119 Å². The van der Waals surface area contributed by atoms with Crippen molar-refractivity contribution in [3.63, 3.8) is 0 Å². The van der Waals surface area contributed by atoms with Gasteiger partial charge in [0.05, 0.1) is 6.04 Å². The molecule has 1 aliphatic carbocycles. The first kappa shape index (κ1) is 12.1. The van der Waals surface area contributed by atoms with Crippen molar-refractivity contribution in [3.05, 3.63) is 35.2 Å². The van der Waals surface area contributed by atoms with Crippen LogP contribution in [0.4, 0.5) is 0 Å². The van der Waals surface area contributed by atoms with Gasteiger partial charge in [-0.15, -0.1) is 10.2 Å². The van der Waals surface area contributed by atoms with E-state index in [2.05, 4.69) is 52.1 Å². The van der Waals surface area contributed by atoms with Gasteiger partial charge in [0.1, 0.15) is 0 Å². The number of rotatable bonds is 2. The van der Waals surface area contributed by atoms with E-state index in [-0.39, 0.29) is 0 Å². The van der Waals surface area contributed by atoms with E-state index in [9.17, 15) is 0 Å². The molecular weight excluding hydrogens is 248 g/mol. The van der Waals surface area contributed by atoms with Gasteiger partial charge < -0.3 is 9.88 Å². The number of hydrogen-bond donors (Lipinski definition) is 1. The Kier molecular flexibility index (Phi) is 2.67. The summed E-state index contributed by atoms with van der Waals surface area (Å²) in [6, 6.07) is 7.03. The number of aromatic nitrogens is 3. The lowest BCUT2D eigenvalue weighted by molar-refractivity contribution is 0.383. The Bertz CT molecular complexity index is 634. The molecule has 1 aliphatic heterocycles. The van der Waals surface area contributed by atoms with Crippen molar-refractivity contribution in [1.82, 2.24) is 20.1 Å². The van der Waals surface area contributed by atoms with Crippen molar-refractivity contribution >= 4 is 0 Å². The first-order valence-electron chi connectivity index (χ1n) is 7.47. The second-order valence-electron chi connectivity index (χ2n) is 6.18. The fourth-order valence-corrected chi connectivity index (χ4v) is 3.31. The van der Waals surface area contributed by atoms with Crippen molar-refractivity contribution < 1.29 is 0 Å². The number of benzene rings is 1. The largest absolute Gasteiger partial charge is 0.308 e. The van der Waals surface area contributed by atoms with Crippen molar-refractivity contribution in [3.8, 4) is 11.4 Å². The second kappa shape index (κ2) is 4.42. The summed E-state index contributed by atoms with van der Waals surface area (Å²) in [5.74, 6) is 2.93. The number of aryl methyl sites for hydroxylation is 2. The van der Waals surface area contributed by atoms with Crippen LogP contribution in [0.25, 0.3) is 11.4 Å². The Morgan fingerprint density at radius 3 is 2.55 bits per heavy atom. The van der Waals surface area contributed by atoms with Crippen molar-refractivity contribution in [2.24, 2.45) is 5.92 Å². The van der Waals surface area contributed by atoms with E-state index in [1.807, 2.05) is 0 Å². The molecule has 2 aromatic rings. The van der Waals surface area contributed by atoms with Gasteiger partial charge in [-0.3, -0.25) is 0 Å². The maximum atomic E-state index is 4.49. The third-order valence-electron chi connectivity index (χ3n) is 4.33. The fourth-order valence-electron chi connectivity index (χ4n) is 3.31. The number of nitrogens with zero attached hydrogens (tertiary/aromatic N) is 3. The van der Waals surface area contributed by atoms with Gasteiger partial charge in [-0.25, -0.2) is 0 Å².